The fourth-order valence-electron chi connectivity index (χ4n) is 2.66. The molecule has 3 N–H and O–H groups in total. The molecular weight excluding hydrogens is 340 g/mol. The van der Waals surface area contributed by atoms with Crippen LogP contribution in [0.2, 0.25) is 0 Å². The van der Waals surface area contributed by atoms with E-state index in [1.165, 1.54) is 24.3 Å². The summed E-state index contributed by atoms with van der Waals surface area (Å²) in [6.45, 7) is 3.88. The molecule has 0 saturated carbocycles. The third-order valence-electron chi connectivity index (χ3n) is 3.91. The molecule has 0 aliphatic carbocycles. The number of fused-ring (bicyclic) bond motifs is 1. The van der Waals surface area contributed by atoms with E-state index >= 15 is 0 Å². The summed E-state index contributed by atoms with van der Waals surface area (Å²) in [5.41, 5.74) is 3.37. The average Bonchev–Trinajstić information content (AvgIpc) is 2.94. The second-order valence-corrected chi connectivity index (χ2v) is 7.23. The van der Waals surface area contributed by atoms with Crippen molar-refractivity contribution in [2.75, 3.05) is 5.32 Å². The number of aryl methyl sites for hydroxylation is 2. The number of nitrogens with zero attached hydrogens (tertiary/aromatic N) is 2. The summed E-state index contributed by atoms with van der Waals surface area (Å²) in [4.78, 5) is 17.3. The van der Waals surface area contributed by atoms with Gasteiger partial charge < -0.3 is 5.32 Å². The van der Waals surface area contributed by atoms with Crippen LogP contribution >= 0.6 is 0 Å². The van der Waals surface area contributed by atoms with Gasteiger partial charge in [0.1, 0.15) is 11.3 Å². The molecule has 2 heterocycles. The van der Waals surface area contributed by atoms with Gasteiger partial charge >= 0.3 is 0 Å². The minimum atomic E-state index is -3.76. The van der Waals surface area contributed by atoms with Crippen molar-refractivity contribution in [2.45, 2.75) is 25.2 Å². The third kappa shape index (κ3) is 3.26. The fourth-order valence-corrected chi connectivity index (χ4v) is 3.17. The number of benzene rings is 1. The maximum Gasteiger partial charge on any atom is 0.274 e. The van der Waals surface area contributed by atoms with E-state index in [-0.39, 0.29) is 10.8 Å². The zero-order valence-corrected chi connectivity index (χ0v) is 14.7. The van der Waals surface area contributed by atoms with Gasteiger partial charge in [-0.2, -0.15) is 0 Å². The lowest BCUT2D eigenvalue weighted by atomic mass is 10.2. The average molecular weight is 358 g/mol. The number of imidazole rings is 1. The molecule has 0 saturated heterocycles. The highest BCUT2D eigenvalue weighted by atomic mass is 32.2. The van der Waals surface area contributed by atoms with Gasteiger partial charge in [0.2, 0.25) is 10.0 Å². The maximum absolute atomic E-state index is 12.7. The first-order valence-electron chi connectivity index (χ1n) is 7.72. The maximum atomic E-state index is 12.7. The molecule has 3 rings (SSSR count). The van der Waals surface area contributed by atoms with Gasteiger partial charge in [0.05, 0.1) is 10.6 Å². The Morgan fingerprint density at radius 2 is 1.92 bits per heavy atom. The highest BCUT2D eigenvalue weighted by Gasteiger charge is 2.19. The highest BCUT2D eigenvalue weighted by molar-refractivity contribution is 7.89. The number of hydrogen-bond donors (Lipinski definition) is 2. The lowest BCUT2D eigenvalue weighted by molar-refractivity contribution is 0.102. The van der Waals surface area contributed by atoms with Crippen LogP contribution in [-0.2, 0) is 16.4 Å². The third-order valence-corrected chi connectivity index (χ3v) is 4.84. The van der Waals surface area contributed by atoms with Crippen LogP contribution in [0.1, 0.15) is 28.7 Å². The van der Waals surface area contributed by atoms with Gasteiger partial charge in [-0.15, -0.1) is 0 Å². The Labute approximate surface area is 145 Å². The molecule has 1 amide bonds. The minimum absolute atomic E-state index is 0.00910. The predicted molar refractivity (Wildman–Crippen MR) is 95.1 cm³/mol. The van der Waals surface area contributed by atoms with Gasteiger partial charge in [0.25, 0.3) is 5.91 Å². The molecule has 7 nitrogen and oxygen atoms in total. The molecule has 0 unspecified atom stereocenters. The van der Waals surface area contributed by atoms with E-state index in [9.17, 15) is 13.2 Å². The molecule has 2 aromatic heterocycles. The second-order valence-electron chi connectivity index (χ2n) is 5.67. The summed E-state index contributed by atoms with van der Waals surface area (Å²) >= 11 is 0. The number of amides is 1. The minimum Gasteiger partial charge on any atom is -0.321 e. The molecule has 8 heteroatoms. The highest BCUT2D eigenvalue weighted by Crippen LogP contribution is 2.19. The van der Waals surface area contributed by atoms with E-state index in [1.54, 1.807) is 10.6 Å². The Hall–Kier alpha value is -2.71. The quantitative estimate of drug-likeness (QED) is 0.745. The molecule has 0 aliphatic heterocycles. The molecule has 0 bridgehead atoms. The van der Waals surface area contributed by atoms with E-state index in [4.69, 9.17) is 5.14 Å². The summed E-state index contributed by atoms with van der Waals surface area (Å²) in [5.74, 6) is -0.307. The van der Waals surface area contributed by atoms with E-state index in [0.717, 1.165) is 11.2 Å². The number of hydrogen-bond acceptors (Lipinski definition) is 4. The summed E-state index contributed by atoms with van der Waals surface area (Å²) < 4.78 is 24.4. The van der Waals surface area contributed by atoms with Crippen molar-refractivity contribution in [3.05, 3.63) is 59.5 Å². The monoisotopic (exact) mass is 358 g/mol. The number of pyridine rings is 1. The fraction of sp³-hybridized carbons (Fsp3) is 0.176. The van der Waals surface area contributed by atoms with Crippen molar-refractivity contribution in [1.29, 1.82) is 0 Å². The van der Waals surface area contributed by atoms with Gasteiger partial charge in [-0.05, 0) is 49.2 Å². The van der Waals surface area contributed by atoms with Gasteiger partial charge in [0.15, 0.2) is 0 Å². The Balaban J connectivity index is 1.96. The SMILES string of the molecule is CCc1nc2c(C)cccn2c1C(=O)Nc1ccc(S(N)(=O)=O)cc1. The smallest absolute Gasteiger partial charge is 0.274 e. The molecule has 25 heavy (non-hydrogen) atoms. The van der Waals surface area contributed by atoms with Crippen molar-refractivity contribution in [2.24, 2.45) is 5.14 Å². The molecule has 0 radical (unpaired) electrons. The summed E-state index contributed by atoms with van der Waals surface area (Å²) in [7, 11) is -3.76. The summed E-state index contributed by atoms with van der Waals surface area (Å²) in [6, 6.07) is 9.50. The number of carbonyl (C=O) groups excluding carboxylic acids is 1. The standard InChI is InChI=1S/C17H18N4O3S/c1-3-14-15(21-10-4-5-11(2)16(21)20-14)17(22)19-12-6-8-13(9-7-12)25(18,23)24/h4-10H,3H2,1-2H3,(H,19,22)(H2,18,23,24). The van der Waals surface area contributed by atoms with Crippen molar-refractivity contribution < 1.29 is 13.2 Å². The van der Waals surface area contributed by atoms with E-state index in [0.29, 0.717) is 23.5 Å². The normalized spacial score (nSPS) is 11.6. The van der Waals surface area contributed by atoms with Crippen LogP contribution in [0.25, 0.3) is 5.65 Å². The Morgan fingerprint density at radius 1 is 1.24 bits per heavy atom. The first kappa shape index (κ1) is 17.1. The van der Waals surface area contributed by atoms with Crippen LogP contribution in [0.3, 0.4) is 0 Å². The van der Waals surface area contributed by atoms with Crippen LogP contribution < -0.4 is 10.5 Å². The number of carbonyl (C=O) groups is 1. The van der Waals surface area contributed by atoms with E-state index in [2.05, 4.69) is 10.3 Å². The van der Waals surface area contributed by atoms with Gasteiger partial charge in [-0.1, -0.05) is 13.0 Å². The lowest BCUT2D eigenvalue weighted by Gasteiger charge is -2.07. The number of nitrogens with one attached hydrogen (secondary N) is 1. The van der Waals surface area contributed by atoms with Crippen molar-refractivity contribution >= 4 is 27.3 Å². The number of aromatic nitrogens is 2. The molecule has 0 atom stereocenters. The molecule has 0 fully saturated rings. The van der Waals surface area contributed by atoms with Gasteiger partial charge in [-0.25, -0.2) is 18.5 Å². The van der Waals surface area contributed by atoms with Crippen LogP contribution in [0.5, 0.6) is 0 Å². The van der Waals surface area contributed by atoms with Crippen LogP contribution in [0.15, 0.2) is 47.5 Å². The number of anilines is 1. The first-order chi connectivity index (χ1) is 11.8. The molecule has 0 aliphatic rings. The van der Waals surface area contributed by atoms with Crippen LogP contribution in [0, 0.1) is 6.92 Å². The number of primary sulfonamides is 1. The topological polar surface area (TPSA) is 107 Å². The zero-order chi connectivity index (χ0) is 18.2. The largest absolute Gasteiger partial charge is 0.321 e. The molecular formula is C17H18N4O3S. The van der Waals surface area contributed by atoms with Crippen molar-refractivity contribution in [3.8, 4) is 0 Å². The Kier molecular flexibility index (Phi) is 4.32. The number of nitrogens with two attached hydrogens (primary N) is 1. The number of sulfonamides is 1. The van der Waals surface area contributed by atoms with Crippen molar-refractivity contribution in [1.82, 2.24) is 9.38 Å². The molecule has 0 spiro atoms. The molecule has 130 valence electrons. The first-order valence-corrected chi connectivity index (χ1v) is 9.26. The zero-order valence-electron chi connectivity index (χ0n) is 13.9. The van der Waals surface area contributed by atoms with E-state index in [1.807, 2.05) is 26.0 Å². The lowest BCUT2D eigenvalue weighted by Crippen LogP contribution is -2.17. The Bertz CT molecular complexity index is 1050. The van der Waals surface area contributed by atoms with E-state index < -0.39 is 10.0 Å². The molecule has 1 aromatic carbocycles. The summed E-state index contributed by atoms with van der Waals surface area (Å²) in [6.07, 6.45) is 2.42. The van der Waals surface area contributed by atoms with Crippen LogP contribution in [-0.4, -0.2) is 23.7 Å². The number of rotatable bonds is 4. The predicted octanol–water partition coefficient (Wildman–Crippen LogP) is 2.10. The Morgan fingerprint density at radius 3 is 2.52 bits per heavy atom. The molecule has 3 aromatic rings. The second kappa shape index (κ2) is 6.30. The van der Waals surface area contributed by atoms with Crippen molar-refractivity contribution in [3.63, 3.8) is 0 Å². The van der Waals surface area contributed by atoms with Gasteiger partial charge in [0, 0.05) is 11.9 Å². The van der Waals surface area contributed by atoms with Gasteiger partial charge in [-0.3, -0.25) is 9.20 Å². The summed E-state index contributed by atoms with van der Waals surface area (Å²) in [5, 5.41) is 7.85. The van der Waals surface area contributed by atoms with Crippen LogP contribution in [0.4, 0.5) is 5.69 Å².